The van der Waals surface area contributed by atoms with Gasteiger partial charge in [0.1, 0.15) is 0 Å². The molecular formula is C13H13NO4. The lowest BCUT2D eigenvalue weighted by Gasteiger charge is -2.15. The summed E-state index contributed by atoms with van der Waals surface area (Å²) in [4.78, 5) is 12.0. The number of ketones is 1. The van der Waals surface area contributed by atoms with Crippen LogP contribution in [0.5, 0.6) is 17.2 Å². The van der Waals surface area contributed by atoms with Crippen molar-refractivity contribution in [2.24, 2.45) is 0 Å². The van der Waals surface area contributed by atoms with Crippen molar-refractivity contribution in [2.45, 2.75) is 12.3 Å². The molecule has 1 unspecified atom stereocenters. The summed E-state index contributed by atoms with van der Waals surface area (Å²) in [7, 11) is 4.44. The Morgan fingerprint density at radius 2 is 1.89 bits per heavy atom. The number of carbonyl (C=O) groups is 1. The predicted molar refractivity (Wildman–Crippen MR) is 63.4 cm³/mol. The molecule has 0 saturated carbocycles. The van der Waals surface area contributed by atoms with Crippen molar-refractivity contribution in [1.82, 2.24) is 0 Å². The van der Waals surface area contributed by atoms with Crippen molar-refractivity contribution in [1.29, 1.82) is 5.26 Å². The molecule has 2 rings (SSSR count). The number of fused-ring (bicyclic) bond motifs is 1. The van der Waals surface area contributed by atoms with Crippen LogP contribution in [-0.2, 0) is 0 Å². The molecule has 1 atom stereocenters. The van der Waals surface area contributed by atoms with E-state index >= 15 is 0 Å². The van der Waals surface area contributed by atoms with Crippen molar-refractivity contribution < 1.29 is 19.0 Å². The van der Waals surface area contributed by atoms with Crippen LogP contribution in [0.3, 0.4) is 0 Å². The second-order valence-electron chi connectivity index (χ2n) is 3.92. The molecule has 1 aromatic rings. The van der Waals surface area contributed by atoms with Crippen LogP contribution in [0.1, 0.15) is 28.3 Å². The maximum Gasteiger partial charge on any atom is 0.204 e. The Labute approximate surface area is 105 Å². The van der Waals surface area contributed by atoms with Gasteiger partial charge in [-0.2, -0.15) is 5.26 Å². The molecule has 0 N–H and O–H groups in total. The molecule has 0 heterocycles. The van der Waals surface area contributed by atoms with Crippen molar-refractivity contribution in [2.75, 3.05) is 21.3 Å². The number of carbonyl (C=O) groups excluding carboxylic acids is 1. The van der Waals surface area contributed by atoms with Crippen molar-refractivity contribution in [3.05, 3.63) is 17.2 Å². The third kappa shape index (κ3) is 1.58. The fraction of sp³-hybridized carbons (Fsp3) is 0.385. The molecule has 0 aliphatic heterocycles. The maximum absolute atomic E-state index is 12.0. The van der Waals surface area contributed by atoms with Crippen molar-refractivity contribution >= 4 is 5.78 Å². The average Bonchev–Trinajstić information content (AvgIpc) is 2.72. The number of methoxy groups -OCH3 is 3. The maximum atomic E-state index is 12.0. The number of hydrogen-bond donors (Lipinski definition) is 0. The van der Waals surface area contributed by atoms with E-state index in [2.05, 4.69) is 6.07 Å². The summed E-state index contributed by atoms with van der Waals surface area (Å²) >= 11 is 0. The lowest BCUT2D eigenvalue weighted by atomic mass is 10.0. The summed E-state index contributed by atoms with van der Waals surface area (Å²) in [6.07, 6.45) is 0.179. The van der Waals surface area contributed by atoms with Gasteiger partial charge in [0.05, 0.1) is 38.9 Å². The number of hydrogen-bond acceptors (Lipinski definition) is 5. The molecule has 0 fully saturated rings. The Morgan fingerprint density at radius 3 is 2.39 bits per heavy atom. The Morgan fingerprint density at radius 1 is 1.22 bits per heavy atom. The largest absolute Gasteiger partial charge is 0.493 e. The molecule has 0 saturated heterocycles. The van der Waals surface area contributed by atoms with E-state index in [0.29, 0.717) is 28.4 Å². The normalized spacial score (nSPS) is 17.0. The first-order valence-corrected chi connectivity index (χ1v) is 5.43. The highest BCUT2D eigenvalue weighted by Gasteiger charge is 2.35. The number of Topliss-reactive ketones (excluding diaryl/α,β-unsaturated/α-hetero) is 1. The van der Waals surface area contributed by atoms with Gasteiger partial charge in [-0.3, -0.25) is 4.79 Å². The summed E-state index contributed by atoms with van der Waals surface area (Å²) in [5.41, 5.74) is 1.08. The van der Waals surface area contributed by atoms with Crippen LogP contribution in [0, 0.1) is 11.3 Å². The van der Waals surface area contributed by atoms with Gasteiger partial charge in [0.25, 0.3) is 0 Å². The third-order valence-corrected chi connectivity index (χ3v) is 3.06. The van der Waals surface area contributed by atoms with Gasteiger partial charge in [-0.15, -0.1) is 0 Å². The molecule has 1 aromatic carbocycles. The molecule has 0 radical (unpaired) electrons. The number of rotatable bonds is 3. The standard InChI is InChI=1S/C13H13NO4/c1-16-10-5-8-7(6-14)4-9(15)11(8)13(18-3)12(10)17-2/h5,7H,4H2,1-3H3. The van der Waals surface area contributed by atoms with E-state index in [9.17, 15) is 4.79 Å². The molecule has 1 aliphatic rings. The zero-order valence-electron chi connectivity index (χ0n) is 10.4. The highest BCUT2D eigenvalue weighted by atomic mass is 16.5. The molecule has 5 heteroatoms. The molecule has 5 nitrogen and oxygen atoms in total. The molecule has 0 amide bonds. The van der Waals surface area contributed by atoms with Gasteiger partial charge in [0.15, 0.2) is 17.3 Å². The first kappa shape index (κ1) is 12.2. The lowest BCUT2D eigenvalue weighted by molar-refractivity contribution is 0.0989. The molecule has 18 heavy (non-hydrogen) atoms. The second-order valence-corrected chi connectivity index (χ2v) is 3.92. The summed E-state index contributed by atoms with van der Waals surface area (Å²) in [5.74, 6) is 0.638. The molecule has 0 aromatic heterocycles. The van der Waals surface area contributed by atoms with Gasteiger partial charge in [-0.25, -0.2) is 0 Å². The van der Waals surface area contributed by atoms with Crippen LogP contribution in [0.2, 0.25) is 0 Å². The van der Waals surface area contributed by atoms with Crippen LogP contribution in [-0.4, -0.2) is 27.1 Å². The van der Waals surface area contributed by atoms with Crippen LogP contribution < -0.4 is 14.2 Å². The fourth-order valence-corrected chi connectivity index (χ4v) is 2.25. The van der Waals surface area contributed by atoms with Gasteiger partial charge in [-0.1, -0.05) is 0 Å². The fourth-order valence-electron chi connectivity index (χ4n) is 2.25. The van der Waals surface area contributed by atoms with Crippen LogP contribution in [0.4, 0.5) is 0 Å². The van der Waals surface area contributed by atoms with Gasteiger partial charge in [0, 0.05) is 6.42 Å². The molecule has 0 spiro atoms. The van der Waals surface area contributed by atoms with E-state index in [4.69, 9.17) is 19.5 Å². The van der Waals surface area contributed by atoms with Crippen LogP contribution in [0.25, 0.3) is 0 Å². The Hall–Kier alpha value is -2.22. The van der Waals surface area contributed by atoms with E-state index in [0.717, 1.165) is 0 Å². The van der Waals surface area contributed by atoms with E-state index in [1.807, 2.05) is 0 Å². The first-order valence-electron chi connectivity index (χ1n) is 5.43. The number of ether oxygens (including phenoxy) is 3. The van der Waals surface area contributed by atoms with E-state index in [-0.39, 0.29) is 12.2 Å². The van der Waals surface area contributed by atoms with E-state index in [1.165, 1.54) is 21.3 Å². The topological polar surface area (TPSA) is 68.6 Å². The highest BCUT2D eigenvalue weighted by molar-refractivity contribution is 6.05. The zero-order valence-corrected chi connectivity index (χ0v) is 10.4. The zero-order chi connectivity index (χ0) is 13.3. The second kappa shape index (κ2) is 4.57. The average molecular weight is 247 g/mol. The number of nitriles is 1. The van der Waals surface area contributed by atoms with Gasteiger partial charge < -0.3 is 14.2 Å². The minimum absolute atomic E-state index is 0.102. The van der Waals surface area contributed by atoms with E-state index in [1.54, 1.807) is 6.07 Å². The summed E-state index contributed by atoms with van der Waals surface area (Å²) in [6.45, 7) is 0. The minimum Gasteiger partial charge on any atom is -0.493 e. The quantitative estimate of drug-likeness (QED) is 0.816. The monoisotopic (exact) mass is 247 g/mol. The molecule has 1 aliphatic carbocycles. The smallest absolute Gasteiger partial charge is 0.204 e. The summed E-state index contributed by atoms with van der Waals surface area (Å²) in [5, 5.41) is 9.07. The van der Waals surface area contributed by atoms with Crippen molar-refractivity contribution in [3.63, 3.8) is 0 Å². The Balaban J connectivity index is 2.75. The van der Waals surface area contributed by atoms with Crippen molar-refractivity contribution in [3.8, 4) is 23.3 Å². The number of nitrogens with zero attached hydrogens (tertiary/aromatic N) is 1. The summed E-state index contributed by atoms with van der Waals surface area (Å²) < 4.78 is 15.7. The van der Waals surface area contributed by atoms with Gasteiger partial charge in [0.2, 0.25) is 5.75 Å². The predicted octanol–water partition coefficient (Wildman–Crippen LogP) is 1.91. The lowest BCUT2D eigenvalue weighted by Crippen LogP contribution is -2.02. The Bertz CT molecular complexity index is 545. The molecular weight excluding hydrogens is 234 g/mol. The SMILES string of the molecule is COc1cc2c(c(OC)c1OC)C(=O)CC2C#N. The summed E-state index contributed by atoms with van der Waals surface area (Å²) in [6, 6.07) is 3.79. The molecule has 0 bridgehead atoms. The van der Waals surface area contributed by atoms with Crippen LogP contribution in [0.15, 0.2) is 6.07 Å². The minimum atomic E-state index is -0.443. The first-order chi connectivity index (χ1) is 8.67. The van der Waals surface area contributed by atoms with E-state index < -0.39 is 5.92 Å². The third-order valence-electron chi connectivity index (χ3n) is 3.06. The number of benzene rings is 1. The highest BCUT2D eigenvalue weighted by Crippen LogP contribution is 2.48. The Kier molecular flexibility index (Phi) is 3.11. The van der Waals surface area contributed by atoms with Gasteiger partial charge in [-0.05, 0) is 11.6 Å². The van der Waals surface area contributed by atoms with Crippen LogP contribution >= 0.6 is 0 Å². The van der Waals surface area contributed by atoms with Gasteiger partial charge >= 0.3 is 0 Å². The molecule has 94 valence electrons.